The van der Waals surface area contributed by atoms with Crippen LogP contribution in [0.3, 0.4) is 0 Å². The van der Waals surface area contributed by atoms with Crippen LogP contribution in [0.4, 0.5) is 5.69 Å². The Labute approximate surface area is 165 Å². The van der Waals surface area contributed by atoms with Crippen molar-refractivity contribution in [2.75, 3.05) is 5.32 Å². The molecular weight excluding hydrogens is 378 g/mol. The predicted molar refractivity (Wildman–Crippen MR) is 106 cm³/mol. The Morgan fingerprint density at radius 1 is 1.29 bits per heavy atom. The van der Waals surface area contributed by atoms with Crippen molar-refractivity contribution in [3.8, 4) is 5.69 Å². The Balaban J connectivity index is 1.51. The molecule has 9 heteroatoms. The van der Waals surface area contributed by atoms with Crippen LogP contribution in [0.2, 0.25) is 0 Å². The molecule has 1 amide bonds. The molecule has 0 aliphatic heterocycles. The van der Waals surface area contributed by atoms with Gasteiger partial charge in [-0.3, -0.25) is 14.3 Å². The van der Waals surface area contributed by atoms with Crippen LogP contribution >= 0.6 is 11.8 Å². The summed E-state index contributed by atoms with van der Waals surface area (Å²) < 4.78 is 8.86. The molecule has 2 heterocycles. The Morgan fingerprint density at radius 3 is 2.68 bits per heavy atom. The maximum atomic E-state index is 12.9. The topological polar surface area (TPSA) is 95.0 Å². The molecule has 2 aromatic heterocycles. The van der Waals surface area contributed by atoms with Crippen LogP contribution in [-0.4, -0.2) is 30.7 Å². The first-order valence-corrected chi connectivity index (χ1v) is 9.98. The molecule has 0 radical (unpaired) electrons. The van der Waals surface area contributed by atoms with Crippen LogP contribution in [0, 0.1) is 6.92 Å². The van der Waals surface area contributed by atoms with Gasteiger partial charge in [0.25, 0.3) is 10.8 Å². The Kier molecular flexibility index (Phi) is 4.84. The lowest BCUT2D eigenvalue weighted by Crippen LogP contribution is -2.27. The largest absolute Gasteiger partial charge is 0.416 e. The molecule has 1 unspecified atom stereocenters. The van der Waals surface area contributed by atoms with E-state index in [1.807, 2.05) is 30.3 Å². The second-order valence-electron chi connectivity index (χ2n) is 6.87. The van der Waals surface area contributed by atoms with E-state index >= 15 is 0 Å². The lowest BCUT2D eigenvalue weighted by molar-refractivity contribution is -0.115. The third-order valence-corrected chi connectivity index (χ3v) is 5.73. The molecule has 1 N–H and O–H groups in total. The Morgan fingerprint density at radius 2 is 2.00 bits per heavy atom. The van der Waals surface area contributed by atoms with Gasteiger partial charge in [-0.1, -0.05) is 30.0 Å². The van der Waals surface area contributed by atoms with Crippen LogP contribution in [0.25, 0.3) is 5.69 Å². The maximum Gasteiger partial charge on any atom is 0.295 e. The molecule has 146 valence electrons. The number of para-hydroxylation sites is 1. The molecular formula is C19H21N5O3S. The zero-order valence-corrected chi connectivity index (χ0v) is 16.7. The fourth-order valence-electron chi connectivity index (χ4n) is 2.91. The molecule has 1 aliphatic rings. The van der Waals surface area contributed by atoms with Crippen molar-refractivity contribution in [3.63, 3.8) is 0 Å². The number of nitrogens with one attached hydrogen (secondary N) is 1. The quantitative estimate of drug-likeness (QED) is 0.641. The molecule has 1 fully saturated rings. The summed E-state index contributed by atoms with van der Waals surface area (Å²) >= 11 is 1.19. The highest BCUT2D eigenvalue weighted by atomic mass is 32.2. The third kappa shape index (κ3) is 3.49. The number of thioether (sulfide) groups is 1. The van der Waals surface area contributed by atoms with Gasteiger partial charge in [-0.05, 0) is 38.8 Å². The van der Waals surface area contributed by atoms with Crippen molar-refractivity contribution in [2.24, 2.45) is 7.05 Å². The first kappa shape index (κ1) is 18.5. The average Bonchev–Trinajstić information content (AvgIpc) is 3.40. The van der Waals surface area contributed by atoms with Crippen molar-refractivity contribution >= 4 is 23.4 Å². The lowest BCUT2D eigenvalue weighted by Gasteiger charge is -2.08. The highest BCUT2D eigenvalue weighted by Crippen LogP contribution is 2.40. The van der Waals surface area contributed by atoms with Crippen molar-refractivity contribution in [3.05, 3.63) is 52.3 Å². The smallest absolute Gasteiger partial charge is 0.295 e. The number of nitrogens with zero attached hydrogens (tertiary/aromatic N) is 4. The number of rotatable bonds is 6. The molecule has 0 spiro atoms. The van der Waals surface area contributed by atoms with E-state index in [9.17, 15) is 9.59 Å². The second-order valence-corrected chi connectivity index (χ2v) is 8.16. The number of carbonyl (C=O) groups is 1. The van der Waals surface area contributed by atoms with E-state index in [1.165, 1.54) is 16.4 Å². The van der Waals surface area contributed by atoms with Gasteiger partial charge in [0.05, 0.1) is 16.6 Å². The number of aromatic nitrogens is 4. The fraction of sp³-hybridized carbons (Fsp3) is 0.368. The van der Waals surface area contributed by atoms with Crippen LogP contribution in [0.5, 0.6) is 0 Å². The van der Waals surface area contributed by atoms with Gasteiger partial charge < -0.3 is 9.73 Å². The number of hydrogen-bond donors (Lipinski definition) is 1. The summed E-state index contributed by atoms with van der Waals surface area (Å²) in [7, 11) is 1.79. The molecule has 0 bridgehead atoms. The summed E-state index contributed by atoms with van der Waals surface area (Å²) in [6.07, 6.45) is 2.15. The summed E-state index contributed by atoms with van der Waals surface area (Å²) in [5.41, 5.74) is 1.41. The highest BCUT2D eigenvalue weighted by Gasteiger charge is 2.30. The number of amides is 1. The van der Waals surface area contributed by atoms with Crippen molar-refractivity contribution < 1.29 is 9.21 Å². The number of carbonyl (C=O) groups excluding carboxylic acids is 1. The standard InChI is InChI=1S/C19H21N5O3S/c1-11-15(18(26)24(23(11)3)14-7-5-4-6-8-14)20-16(25)12(2)28-19-22-21-17(27-19)13-9-10-13/h4-8,12-13H,9-10H2,1-3H3,(H,20,25). The Bertz CT molecular complexity index is 1070. The third-order valence-electron chi connectivity index (χ3n) is 4.80. The zero-order valence-electron chi connectivity index (χ0n) is 15.9. The van der Waals surface area contributed by atoms with E-state index in [2.05, 4.69) is 15.5 Å². The monoisotopic (exact) mass is 399 g/mol. The summed E-state index contributed by atoms with van der Waals surface area (Å²) in [4.78, 5) is 25.5. The lowest BCUT2D eigenvalue weighted by atomic mass is 10.3. The van der Waals surface area contributed by atoms with E-state index < -0.39 is 5.25 Å². The number of anilines is 1. The molecule has 1 aliphatic carbocycles. The molecule has 1 aromatic carbocycles. The van der Waals surface area contributed by atoms with Gasteiger partial charge in [-0.2, -0.15) is 0 Å². The summed E-state index contributed by atoms with van der Waals surface area (Å²) in [6, 6.07) is 9.30. The SMILES string of the molecule is Cc1c(NC(=O)C(C)Sc2nnc(C3CC3)o2)c(=O)n(-c2ccccc2)n1C. The van der Waals surface area contributed by atoms with Crippen LogP contribution < -0.4 is 10.9 Å². The fourth-order valence-corrected chi connectivity index (χ4v) is 3.59. The molecule has 1 atom stereocenters. The van der Waals surface area contributed by atoms with Crippen molar-refractivity contribution in [1.29, 1.82) is 0 Å². The first-order valence-electron chi connectivity index (χ1n) is 9.10. The van der Waals surface area contributed by atoms with Gasteiger partial charge in [-0.15, -0.1) is 10.2 Å². The number of hydrogen-bond acceptors (Lipinski definition) is 6. The summed E-state index contributed by atoms with van der Waals surface area (Å²) in [5.74, 6) is 0.719. The van der Waals surface area contributed by atoms with Gasteiger partial charge in [-0.25, -0.2) is 4.68 Å². The molecule has 0 saturated heterocycles. The van der Waals surface area contributed by atoms with Gasteiger partial charge in [0.1, 0.15) is 5.69 Å². The minimum absolute atomic E-state index is 0.271. The summed E-state index contributed by atoms with van der Waals surface area (Å²) in [5, 5.41) is 10.7. The van der Waals surface area contributed by atoms with Crippen molar-refractivity contribution in [2.45, 2.75) is 43.1 Å². The van der Waals surface area contributed by atoms with Gasteiger partial charge in [0.2, 0.25) is 11.8 Å². The molecule has 28 heavy (non-hydrogen) atoms. The Hall–Kier alpha value is -2.81. The van der Waals surface area contributed by atoms with Crippen LogP contribution in [0.1, 0.15) is 37.3 Å². The second kappa shape index (κ2) is 7.31. The summed E-state index contributed by atoms with van der Waals surface area (Å²) in [6.45, 7) is 3.54. The van der Waals surface area contributed by atoms with E-state index in [0.717, 1.165) is 18.5 Å². The van der Waals surface area contributed by atoms with Crippen LogP contribution in [0.15, 0.2) is 44.8 Å². The first-order chi connectivity index (χ1) is 13.5. The molecule has 1 saturated carbocycles. The molecule has 4 rings (SSSR count). The number of benzene rings is 1. The van der Waals surface area contributed by atoms with E-state index in [4.69, 9.17) is 4.42 Å². The van der Waals surface area contributed by atoms with Gasteiger partial charge >= 0.3 is 0 Å². The van der Waals surface area contributed by atoms with Crippen molar-refractivity contribution in [1.82, 2.24) is 19.6 Å². The van der Waals surface area contributed by atoms with Crippen LogP contribution in [-0.2, 0) is 11.8 Å². The van der Waals surface area contributed by atoms with E-state index in [1.54, 1.807) is 25.6 Å². The highest BCUT2D eigenvalue weighted by molar-refractivity contribution is 8.00. The van der Waals surface area contributed by atoms with Gasteiger partial charge in [0, 0.05) is 13.0 Å². The minimum Gasteiger partial charge on any atom is -0.416 e. The van der Waals surface area contributed by atoms with Gasteiger partial charge in [0.15, 0.2) is 0 Å². The maximum absolute atomic E-state index is 12.9. The molecule has 8 nitrogen and oxygen atoms in total. The van der Waals surface area contributed by atoms with E-state index in [0.29, 0.717) is 22.7 Å². The predicted octanol–water partition coefficient (Wildman–Crippen LogP) is 2.86. The molecule has 3 aromatic rings. The zero-order chi connectivity index (χ0) is 19.8. The minimum atomic E-state index is -0.489. The van der Waals surface area contributed by atoms with E-state index in [-0.39, 0.29) is 17.2 Å². The normalized spacial score (nSPS) is 14.8. The average molecular weight is 399 g/mol.